The number of hydrogen-bond donors (Lipinski definition) is 0. The highest BCUT2D eigenvalue weighted by atomic mass is 127. The maximum absolute atomic E-state index is 10.7. The molecule has 1 rings (SSSR count). The summed E-state index contributed by atoms with van der Waals surface area (Å²) in [5.74, 6) is 0.198. The van der Waals surface area contributed by atoms with Crippen molar-refractivity contribution in [1.29, 1.82) is 0 Å². The topological polar surface area (TPSA) is 35.5 Å². The van der Waals surface area contributed by atoms with Crippen molar-refractivity contribution in [2.45, 2.75) is 39.9 Å². The standard InChI is InChI=1S/C11H17IO3/c1-6(2)11-10(12)7(3)9(15-11)5-14-8(4)13/h6,9,11H,5H2,1-4H3. The van der Waals surface area contributed by atoms with Gasteiger partial charge in [0.2, 0.25) is 0 Å². The fourth-order valence-corrected chi connectivity index (χ4v) is 2.74. The molecular formula is C11H17IO3. The van der Waals surface area contributed by atoms with Crippen molar-refractivity contribution < 1.29 is 14.3 Å². The van der Waals surface area contributed by atoms with Crippen molar-refractivity contribution in [3.8, 4) is 0 Å². The highest BCUT2D eigenvalue weighted by molar-refractivity contribution is 14.1. The molecule has 0 bridgehead atoms. The van der Waals surface area contributed by atoms with E-state index in [0.717, 1.165) is 0 Å². The second kappa shape index (κ2) is 5.30. The lowest BCUT2D eigenvalue weighted by Crippen LogP contribution is -2.23. The molecule has 1 heterocycles. The first kappa shape index (κ1) is 13.0. The van der Waals surface area contributed by atoms with E-state index in [4.69, 9.17) is 9.47 Å². The van der Waals surface area contributed by atoms with Crippen LogP contribution in [0.1, 0.15) is 27.7 Å². The molecule has 1 aliphatic heterocycles. The second-order valence-electron chi connectivity index (χ2n) is 4.12. The number of halogens is 1. The lowest BCUT2D eigenvalue weighted by atomic mass is 10.1. The van der Waals surface area contributed by atoms with Crippen LogP contribution in [0.5, 0.6) is 0 Å². The molecule has 0 aromatic carbocycles. The Morgan fingerprint density at radius 2 is 2.20 bits per heavy atom. The number of hydrogen-bond acceptors (Lipinski definition) is 3. The Bertz CT molecular complexity index is 284. The molecule has 0 amide bonds. The Morgan fingerprint density at radius 3 is 2.60 bits per heavy atom. The predicted molar refractivity (Wildman–Crippen MR) is 66.9 cm³/mol. The normalized spacial score (nSPS) is 26.3. The molecule has 15 heavy (non-hydrogen) atoms. The molecule has 4 heteroatoms. The van der Waals surface area contributed by atoms with Gasteiger partial charge in [-0.2, -0.15) is 0 Å². The smallest absolute Gasteiger partial charge is 0.302 e. The summed E-state index contributed by atoms with van der Waals surface area (Å²) in [6, 6.07) is 0. The van der Waals surface area contributed by atoms with Gasteiger partial charge in [0.15, 0.2) is 0 Å². The van der Waals surface area contributed by atoms with E-state index in [-0.39, 0.29) is 18.2 Å². The summed E-state index contributed by atoms with van der Waals surface area (Å²) in [6.07, 6.45) is 0.0966. The Balaban J connectivity index is 2.61. The monoisotopic (exact) mass is 324 g/mol. The van der Waals surface area contributed by atoms with Gasteiger partial charge in [0.25, 0.3) is 0 Å². The van der Waals surface area contributed by atoms with Crippen LogP contribution in [-0.4, -0.2) is 24.8 Å². The van der Waals surface area contributed by atoms with Gasteiger partial charge in [0.1, 0.15) is 12.7 Å². The zero-order valence-electron chi connectivity index (χ0n) is 9.54. The Kier molecular flexibility index (Phi) is 4.58. The molecule has 0 aliphatic carbocycles. The number of esters is 1. The van der Waals surface area contributed by atoms with Crippen LogP contribution in [0.25, 0.3) is 0 Å². The van der Waals surface area contributed by atoms with Gasteiger partial charge < -0.3 is 9.47 Å². The van der Waals surface area contributed by atoms with E-state index in [9.17, 15) is 4.79 Å². The molecule has 1 aliphatic rings. The van der Waals surface area contributed by atoms with Crippen LogP contribution in [0.2, 0.25) is 0 Å². The highest BCUT2D eigenvalue weighted by Gasteiger charge is 2.33. The van der Waals surface area contributed by atoms with Gasteiger partial charge >= 0.3 is 5.97 Å². The van der Waals surface area contributed by atoms with Crippen molar-refractivity contribution in [2.24, 2.45) is 5.92 Å². The molecular weight excluding hydrogens is 307 g/mol. The highest BCUT2D eigenvalue weighted by Crippen LogP contribution is 2.35. The summed E-state index contributed by atoms with van der Waals surface area (Å²) in [7, 11) is 0. The molecule has 2 atom stereocenters. The molecule has 0 N–H and O–H groups in total. The Morgan fingerprint density at radius 1 is 1.60 bits per heavy atom. The van der Waals surface area contributed by atoms with E-state index < -0.39 is 0 Å². The summed E-state index contributed by atoms with van der Waals surface area (Å²) in [5.41, 5.74) is 1.19. The van der Waals surface area contributed by atoms with E-state index in [0.29, 0.717) is 12.5 Å². The third-order valence-electron chi connectivity index (χ3n) is 2.46. The van der Waals surface area contributed by atoms with E-state index >= 15 is 0 Å². The van der Waals surface area contributed by atoms with Gasteiger partial charge in [-0.3, -0.25) is 4.79 Å². The first-order valence-corrected chi connectivity index (χ1v) is 6.16. The maximum atomic E-state index is 10.7. The predicted octanol–water partition coefficient (Wildman–Crippen LogP) is 2.68. The van der Waals surface area contributed by atoms with Crippen LogP contribution in [0.3, 0.4) is 0 Å². The number of carbonyl (C=O) groups excluding carboxylic acids is 1. The number of ether oxygens (including phenoxy) is 2. The summed E-state index contributed by atoms with van der Waals surface area (Å²) in [4.78, 5) is 10.7. The van der Waals surface area contributed by atoms with Gasteiger partial charge in [0, 0.05) is 10.5 Å². The summed E-state index contributed by atoms with van der Waals surface area (Å²) in [6.45, 7) is 8.05. The minimum absolute atomic E-state index is 0.0619. The summed E-state index contributed by atoms with van der Waals surface area (Å²) >= 11 is 2.32. The number of carbonyl (C=O) groups is 1. The van der Waals surface area contributed by atoms with Crippen LogP contribution in [0.4, 0.5) is 0 Å². The maximum Gasteiger partial charge on any atom is 0.302 e. The van der Waals surface area contributed by atoms with Crippen molar-refractivity contribution in [2.75, 3.05) is 6.61 Å². The second-order valence-corrected chi connectivity index (χ2v) is 5.29. The van der Waals surface area contributed by atoms with Crippen molar-refractivity contribution in [3.63, 3.8) is 0 Å². The minimum Gasteiger partial charge on any atom is -0.463 e. The lowest BCUT2D eigenvalue weighted by molar-refractivity contribution is -0.144. The van der Waals surface area contributed by atoms with Gasteiger partial charge in [0.05, 0.1) is 6.10 Å². The van der Waals surface area contributed by atoms with Gasteiger partial charge in [-0.25, -0.2) is 0 Å². The first-order valence-electron chi connectivity index (χ1n) is 5.08. The molecule has 0 aromatic heterocycles. The SMILES string of the molecule is CC(=O)OCC1OC(C(C)C)C(I)=C1C. The zero-order chi connectivity index (χ0) is 11.6. The van der Waals surface area contributed by atoms with E-state index in [1.54, 1.807) is 0 Å². The summed E-state index contributed by atoms with van der Waals surface area (Å²) < 4.78 is 12.1. The van der Waals surface area contributed by atoms with Crippen LogP contribution >= 0.6 is 22.6 Å². The van der Waals surface area contributed by atoms with E-state index in [1.165, 1.54) is 16.1 Å². The molecule has 0 saturated carbocycles. The van der Waals surface area contributed by atoms with Gasteiger partial charge in [-0.15, -0.1) is 0 Å². The van der Waals surface area contributed by atoms with Crippen LogP contribution in [-0.2, 0) is 14.3 Å². The van der Waals surface area contributed by atoms with Crippen LogP contribution < -0.4 is 0 Å². The third-order valence-corrected chi connectivity index (χ3v) is 3.93. The van der Waals surface area contributed by atoms with Crippen molar-refractivity contribution >= 4 is 28.6 Å². The van der Waals surface area contributed by atoms with Gasteiger partial charge in [-0.05, 0) is 41.0 Å². The van der Waals surface area contributed by atoms with Gasteiger partial charge in [-0.1, -0.05) is 13.8 Å². The minimum atomic E-state index is -0.255. The van der Waals surface area contributed by atoms with Crippen molar-refractivity contribution in [1.82, 2.24) is 0 Å². The average Bonchev–Trinajstić information content (AvgIpc) is 2.41. The van der Waals surface area contributed by atoms with E-state index in [1.807, 2.05) is 6.92 Å². The van der Waals surface area contributed by atoms with Crippen LogP contribution in [0.15, 0.2) is 9.15 Å². The summed E-state index contributed by atoms with van der Waals surface area (Å²) in [5, 5.41) is 0. The molecule has 0 saturated heterocycles. The quantitative estimate of drug-likeness (QED) is 0.591. The molecule has 0 aromatic rings. The Hall–Kier alpha value is -0.100. The fourth-order valence-electron chi connectivity index (χ4n) is 1.52. The lowest BCUT2D eigenvalue weighted by Gasteiger charge is -2.18. The first-order chi connectivity index (χ1) is 6.93. The molecule has 0 radical (unpaired) electrons. The van der Waals surface area contributed by atoms with Crippen LogP contribution in [0, 0.1) is 5.92 Å². The Labute approximate surface area is 104 Å². The molecule has 0 spiro atoms. The fraction of sp³-hybridized carbons (Fsp3) is 0.727. The largest absolute Gasteiger partial charge is 0.463 e. The average molecular weight is 324 g/mol. The van der Waals surface area contributed by atoms with Crippen molar-refractivity contribution in [3.05, 3.63) is 9.15 Å². The molecule has 0 fully saturated rings. The number of rotatable bonds is 3. The molecule has 86 valence electrons. The molecule has 3 nitrogen and oxygen atoms in total. The van der Waals surface area contributed by atoms with E-state index in [2.05, 4.69) is 36.4 Å². The molecule has 2 unspecified atom stereocenters. The third kappa shape index (κ3) is 3.17. The zero-order valence-corrected chi connectivity index (χ0v) is 11.7.